The fraction of sp³-hybridized carbons (Fsp3) is 0.357. The molecule has 4 aromatic carbocycles. The number of aliphatic imine (C=N–C) groups is 1. The van der Waals surface area contributed by atoms with Gasteiger partial charge in [-0.15, -0.1) is 0 Å². The maximum Gasteiger partial charge on any atom is 0.328 e. The highest BCUT2D eigenvalue weighted by molar-refractivity contribution is 6.99. The Bertz CT molecular complexity index is 1810. The van der Waals surface area contributed by atoms with E-state index in [1.54, 1.807) is 14.2 Å². The Hall–Kier alpha value is -4.97. The van der Waals surface area contributed by atoms with Gasteiger partial charge in [0.15, 0.2) is 5.66 Å². The Morgan fingerprint density at radius 1 is 0.849 bits per heavy atom. The van der Waals surface area contributed by atoms with Crippen LogP contribution < -0.4 is 30.9 Å². The van der Waals surface area contributed by atoms with Gasteiger partial charge in [0, 0.05) is 25.1 Å². The molecule has 0 amide bonds. The van der Waals surface area contributed by atoms with Crippen LogP contribution in [0.1, 0.15) is 57.6 Å². The molecule has 0 aromatic heterocycles. The molecular weight excluding hydrogens is 683 g/mol. The van der Waals surface area contributed by atoms with Gasteiger partial charge in [0.25, 0.3) is 8.32 Å². The van der Waals surface area contributed by atoms with Crippen LogP contribution in [0.3, 0.4) is 0 Å². The van der Waals surface area contributed by atoms with E-state index in [0.29, 0.717) is 25.9 Å². The van der Waals surface area contributed by atoms with Gasteiger partial charge >= 0.3 is 5.70 Å². The largest absolute Gasteiger partial charge is 0.497 e. The number of methoxy groups -OCH3 is 2. The summed E-state index contributed by atoms with van der Waals surface area (Å²) in [6.45, 7) is 7.52. The van der Waals surface area contributed by atoms with E-state index in [9.17, 15) is 10.1 Å². The molecule has 0 saturated heterocycles. The number of nitrogens with one attached hydrogen (secondary N) is 1. The fourth-order valence-corrected chi connectivity index (χ4v) is 12.7. The molecule has 1 saturated carbocycles. The first-order chi connectivity index (χ1) is 25.5. The van der Waals surface area contributed by atoms with E-state index in [-0.39, 0.29) is 33.5 Å². The van der Waals surface area contributed by atoms with Crippen LogP contribution in [-0.4, -0.2) is 50.5 Å². The van der Waals surface area contributed by atoms with E-state index in [4.69, 9.17) is 19.6 Å². The zero-order valence-corrected chi connectivity index (χ0v) is 32.3. The summed E-state index contributed by atoms with van der Waals surface area (Å²) in [5.41, 5.74) is 7.56. The summed E-state index contributed by atoms with van der Waals surface area (Å²) >= 11 is 0. The number of nitrogens with two attached hydrogens (primary N) is 1. The zero-order valence-electron chi connectivity index (χ0n) is 31.3. The highest BCUT2D eigenvalue weighted by atomic mass is 28.4. The lowest BCUT2D eigenvalue weighted by Gasteiger charge is -2.48. The minimum absolute atomic E-state index is 0.141. The number of hydrogen-bond donors (Lipinski definition) is 2. The second-order valence-corrected chi connectivity index (χ2v) is 19.3. The minimum Gasteiger partial charge on any atom is -0.497 e. The average Bonchev–Trinajstić information content (AvgIpc) is 3.17. The van der Waals surface area contributed by atoms with Gasteiger partial charge in [-0.25, -0.2) is 4.99 Å². The summed E-state index contributed by atoms with van der Waals surface area (Å²) in [5.74, 6) is 1.39. The van der Waals surface area contributed by atoms with Gasteiger partial charge < -0.3 is 24.1 Å². The maximum absolute atomic E-state index is 13.3. The Morgan fingerprint density at radius 3 is 1.81 bits per heavy atom. The maximum atomic E-state index is 13.3. The number of nitrogens with zero attached hydrogens (tertiary/aromatic N) is 3. The van der Waals surface area contributed by atoms with Crippen LogP contribution in [0.25, 0.3) is 0 Å². The second-order valence-electron chi connectivity index (χ2n) is 15.0. The fourth-order valence-electron chi connectivity index (χ4n) is 8.01. The van der Waals surface area contributed by atoms with Crippen LogP contribution in [0.4, 0.5) is 0 Å². The molecular formula is C42H51N5O5Si. The molecule has 1 aliphatic heterocycles. The standard InChI is InChI=1S/C42H51N5O5Si/c1-41(2,3)53(37-15-8-6-9-16-37,38-17-10-7-11-18-38)52-36-14-12-13-33(27-36)42(43)39(47(48)49)40(44-30-45-42)46(28-31-19-23-34(50-4)24-20-31)29-32-21-25-35(51-5)26-22-32/h6-11,15-26,30,33,36H,12-14,27-29,43H2,1-5H3,(H,44,45). The van der Waals surface area contributed by atoms with Gasteiger partial charge in [-0.1, -0.05) is 112 Å². The normalized spacial score (nSPS) is 20.4. The summed E-state index contributed by atoms with van der Waals surface area (Å²) in [6.07, 6.45) is 4.31. The molecule has 6 rings (SSSR count). The van der Waals surface area contributed by atoms with E-state index in [1.165, 1.54) is 16.7 Å². The van der Waals surface area contributed by atoms with Crippen molar-refractivity contribution in [2.24, 2.45) is 16.6 Å². The molecule has 3 N–H and O–H groups in total. The van der Waals surface area contributed by atoms with Crippen LogP contribution in [-0.2, 0) is 17.5 Å². The van der Waals surface area contributed by atoms with E-state index in [0.717, 1.165) is 35.5 Å². The Balaban J connectivity index is 1.37. The molecule has 53 heavy (non-hydrogen) atoms. The number of rotatable bonds is 13. The van der Waals surface area contributed by atoms with Crippen LogP contribution in [0.15, 0.2) is 126 Å². The van der Waals surface area contributed by atoms with Gasteiger partial charge in [-0.05, 0) is 70.1 Å². The average molecular weight is 734 g/mol. The zero-order chi connectivity index (χ0) is 37.6. The monoisotopic (exact) mass is 733 g/mol. The van der Waals surface area contributed by atoms with Crippen molar-refractivity contribution in [1.82, 2.24) is 10.2 Å². The Morgan fingerprint density at radius 2 is 1.36 bits per heavy atom. The van der Waals surface area contributed by atoms with Gasteiger partial charge in [-0.2, -0.15) is 0 Å². The number of benzene rings is 4. The van der Waals surface area contributed by atoms with Gasteiger partial charge in [0.2, 0.25) is 5.82 Å². The van der Waals surface area contributed by atoms with Crippen molar-refractivity contribution in [2.75, 3.05) is 14.2 Å². The summed E-state index contributed by atoms with van der Waals surface area (Å²) in [7, 11) is 0.378. The third-order valence-corrected chi connectivity index (χ3v) is 15.8. The van der Waals surface area contributed by atoms with Gasteiger partial charge in [0.05, 0.1) is 25.5 Å². The highest BCUT2D eigenvalue weighted by Gasteiger charge is 2.55. The smallest absolute Gasteiger partial charge is 0.328 e. The van der Waals surface area contributed by atoms with Crippen LogP contribution in [0.5, 0.6) is 11.5 Å². The topological polar surface area (TPSA) is 124 Å². The highest BCUT2D eigenvalue weighted by Crippen LogP contribution is 2.43. The molecule has 0 bridgehead atoms. The lowest BCUT2D eigenvalue weighted by molar-refractivity contribution is -0.440. The molecule has 1 fully saturated rings. The quantitative estimate of drug-likeness (QED) is 0.0899. The van der Waals surface area contributed by atoms with E-state index < -0.39 is 14.0 Å². The summed E-state index contributed by atoms with van der Waals surface area (Å²) in [5, 5.41) is 18.7. The third kappa shape index (κ3) is 7.88. The molecule has 278 valence electrons. The summed E-state index contributed by atoms with van der Waals surface area (Å²) in [4.78, 5) is 19.5. The van der Waals surface area contributed by atoms with Crippen molar-refractivity contribution in [3.63, 3.8) is 0 Å². The molecule has 0 spiro atoms. The van der Waals surface area contributed by atoms with Crippen molar-refractivity contribution < 1.29 is 18.8 Å². The third-order valence-electron chi connectivity index (χ3n) is 10.7. The van der Waals surface area contributed by atoms with Crippen molar-refractivity contribution in [3.8, 4) is 11.5 Å². The SMILES string of the molecule is COc1ccc(CN(Cc2ccc(OC)cc2)C2=C([N+](=O)[O-])C(N)(C3CCCC(O[Si](c4ccccc4)(c4ccccc4)C(C)(C)C)C3)NC=N2)cc1. The van der Waals surface area contributed by atoms with Crippen LogP contribution >= 0.6 is 0 Å². The van der Waals surface area contributed by atoms with E-state index >= 15 is 0 Å². The number of hydrogen-bond acceptors (Lipinski definition) is 9. The first kappa shape index (κ1) is 37.8. The number of ether oxygens (including phenoxy) is 2. The number of nitro groups is 1. The van der Waals surface area contributed by atoms with Crippen LogP contribution in [0.2, 0.25) is 5.04 Å². The summed E-state index contributed by atoms with van der Waals surface area (Å²) in [6, 6.07) is 36.5. The molecule has 4 aromatic rings. The van der Waals surface area contributed by atoms with E-state index in [1.807, 2.05) is 65.6 Å². The minimum atomic E-state index is -2.87. The van der Waals surface area contributed by atoms with Crippen LogP contribution in [0, 0.1) is 16.0 Å². The molecule has 3 atom stereocenters. The Kier molecular flexibility index (Phi) is 11.4. The molecule has 0 radical (unpaired) electrons. The molecule has 2 aliphatic rings. The molecule has 3 unspecified atom stereocenters. The Labute approximate surface area is 314 Å². The van der Waals surface area contributed by atoms with Crippen molar-refractivity contribution in [1.29, 1.82) is 0 Å². The van der Waals surface area contributed by atoms with E-state index in [2.05, 4.69) is 79.6 Å². The molecule has 1 aliphatic carbocycles. The second kappa shape index (κ2) is 16.0. The van der Waals surface area contributed by atoms with Crippen molar-refractivity contribution in [3.05, 3.63) is 142 Å². The first-order valence-electron chi connectivity index (χ1n) is 18.3. The molecule has 1 heterocycles. The lowest BCUT2D eigenvalue weighted by atomic mass is 9.77. The van der Waals surface area contributed by atoms with Crippen molar-refractivity contribution >= 4 is 25.0 Å². The predicted octanol–water partition coefficient (Wildman–Crippen LogP) is 6.57. The van der Waals surface area contributed by atoms with Gasteiger partial charge in [-0.3, -0.25) is 15.8 Å². The molecule has 11 heteroatoms. The predicted molar refractivity (Wildman–Crippen MR) is 212 cm³/mol. The van der Waals surface area contributed by atoms with Gasteiger partial charge in [0.1, 0.15) is 11.5 Å². The lowest BCUT2D eigenvalue weighted by Crippen LogP contribution is -2.69. The summed E-state index contributed by atoms with van der Waals surface area (Å²) < 4.78 is 18.3. The first-order valence-corrected chi connectivity index (χ1v) is 20.2. The molecule has 10 nitrogen and oxygen atoms in total. The van der Waals surface area contributed by atoms with Crippen molar-refractivity contribution in [2.45, 2.75) is 76.3 Å².